The molecule has 3 rings (SSSR count). The van der Waals surface area contributed by atoms with Crippen molar-refractivity contribution in [2.24, 2.45) is 0 Å². The summed E-state index contributed by atoms with van der Waals surface area (Å²) in [6, 6.07) is 8.19. The highest BCUT2D eigenvalue weighted by molar-refractivity contribution is 6.07. The Balaban J connectivity index is 2.06. The van der Waals surface area contributed by atoms with Gasteiger partial charge in [-0.3, -0.25) is 9.78 Å². The molecule has 1 aliphatic rings. The van der Waals surface area contributed by atoms with Gasteiger partial charge in [-0.25, -0.2) is 0 Å². The molecule has 0 radical (unpaired) electrons. The van der Waals surface area contributed by atoms with E-state index in [4.69, 9.17) is 0 Å². The lowest BCUT2D eigenvalue weighted by atomic mass is 10.0. The van der Waals surface area contributed by atoms with E-state index in [0.717, 1.165) is 40.6 Å². The van der Waals surface area contributed by atoms with Crippen molar-refractivity contribution in [1.82, 2.24) is 9.88 Å². The topological polar surface area (TPSA) is 33.2 Å². The minimum Gasteiger partial charge on any atom is -0.328 e. The Morgan fingerprint density at radius 2 is 2.18 bits per heavy atom. The number of amides is 1. The number of hydrogen-bond acceptors (Lipinski definition) is 2. The Kier molecular flexibility index (Phi) is 3.97. The number of rotatable bonds is 3. The number of benzene rings is 1. The number of nitrogens with zero attached hydrogens (tertiary/aromatic N) is 2. The highest BCUT2D eigenvalue weighted by Gasteiger charge is 2.26. The van der Waals surface area contributed by atoms with Gasteiger partial charge in [-0.05, 0) is 31.9 Å². The molecule has 3 heteroatoms. The fourth-order valence-corrected chi connectivity index (χ4v) is 3.20. The van der Waals surface area contributed by atoms with E-state index in [-0.39, 0.29) is 11.9 Å². The maximum absolute atomic E-state index is 13.1. The molecule has 2 aromatic rings. The Bertz CT molecular complexity index is 748. The average molecular weight is 294 g/mol. The number of hydrogen-bond donors (Lipinski definition) is 0. The summed E-state index contributed by atoms with van der Waals surface area (Å²) >= 11 is 0. The third kappa shape index (κ3) is 2.52. The van der Waals surface area contributed by atoms with Gasteiger partial charge in [0.25, 0.3) is 5.91 Å². The lowest BCUT2D eigenvalue weighted by Crippen LogP contribution is -2.36. The molecule has 0 fully saturated rings. The molecule has 0 aliphatic carbocycles. The summed E-state index contributed by atoms with van der Waals surface area (Å²) in [5.41, 5.74) is 3.71. The fourth-order valence-electron chi connectivity index (χ4n) is 3.20. The van der Waals surface area contributed by atoms with Crippen molar-refractivity contribution < 1.29 is 4.79 Å². The number of pyridine rings is 1. The second-order valence-electron chi connectivity index (χ2n) is 6.02. The predicted molar refractivity (Wildman–Crippen MR) is 90.1 cm³/mol. The van der Waals surface area contributed by atoms with Gasteiger partial charge in [0.15, 0.2) is 0 Å². The maximum atomic E-state index is 13.1. The minimum atomic E-state index is 0.115. The van der Waals surface area contributed by atoms with Crippen molar-refractivity contribution in [1.29, 1.82) is 0 Å². The molecular weight excluding hydrogens is 272 g/mol. The van der Waals surface area contributed by atoms with Crippen LogP contribution in [0.15, 0.2) is 36.4 Å². The molecule has 1 aromatic carbocycles. The molecule has 114 valence electrons. The van der Waals surface area contributed by atoms with E-state index in [0.29, 0.717) is 6.54 Å². The summed E-state index contributed by atoms with van der Waals surface area (Å²) in [5.74, 6) is 0.115. The minimum absolute atomic E-state index is 0.115. The zero-order valence-electron chi connectivity index (χ0n) is 13.5. The van der Waals surface area contributed by atoms with Crippen LogP contribution in [0.25, 0.3) is 10.9 Å². The Labute approximate surface area is 131 Å². The van der Waals surface area contributed by atoms with Crippen LogP contribution in [0.2, 0.25) is 0 Å². The van der Waals surface area contributed by atoms with Crippen molar-refractivity contribution in [3.63, 3.8) is 0 Å². The van der Waals surface area contributed by atoms with E-state index in [1.165, 1.54) is 0 Å². The summed E-state index contributed by atoms with van der Waals surface area (Å²) in [4.78, 5) is 19.7. The highest BCUT2D eigenvalue weighted by atomic mass is 16.2. The fraction of sp³-hybridized carbons (Fsp3) is 0.368. The SMILES string of the molecule is CCCC1C=CCN1C(=O)c1cc(C)nc2c(C)cccc12. The highest BCUT2D eigenvalue weighted by Crippen LogP contribution is 2.25. The van der Waals surface area contributed by atoms with Crippen LogP contribution in [0.1, 0.15) is 41.4 Å². The van der Waals surface area contributed by atoms with Crippen LogP contribution >= 0.6 is 0 Å². The molecule has 1 unspecified atom stereocenters. The molecule has 0 saturated carbocycles. The summed E-state index contributed by atoms with van der Waals surface area (Å²) in [7, 11) is 0. The number of aryl methyl sites for hydroxylation is 2. The zero-order valence-corrected chi connectivity index (χ0v) is 13.5. The van der Waals surface area contributed by atoms with E-state index in [1.807, 2.05) is 43.0 Å². The standard InChI is InChI=1S/C19H22N2O/c1-4-7-15-9-6-11-21(15)19(22)17-12-14(3)20-18-13(2)8-5-10-16(17)18/h5-6,8-10,12,15H,4,7,11H2,1-3H3. The summed E-state index contributed by atoms with van der Waals surface area (Å²) in [5, 5.41) is 0.956. The van der Waals surface area contributed by atoms with Crippen LogP contribution in [-0.2, 0) is 0 Å². The molecule has 1 aliphatic heterocycles. The quantitative estimate of drug-likeness (QED) is 0.801. The molecule has 1 atom stereocenters. The molecule has 0 spiro atoms. The number of carbonyl (C=O) groups is 1. The van der Waals surface area contributed by atoms with Crippen LogP contribution in [0.3, 0.4) is 0 Å². The second-order valence-corrected chi connectivity index (χ2v) is 6.02. The van der Waals surface area contributed by atoms with Crippen LogP contribution in [0, 0.1) is 13.8 Å². The molecule has 1 aromatic heterocycles. The molecular formula is C19H22N2O. The van der Waals surface area contributed by atoms with Gasteiger partial charge in [-0.15, -0.1) is 0 Å². The van der Waals surface area contributed by atoms with Crippen molar-refractivity contribution >= 4 is 16.8 Å². The third-order valence-corrected chi connectivity index (χ3v) is 4.31. The summed E-state index contributed by atoms with van der Waals surface area (Å²) in [6.45, 7) is 6.86. The number of fused-ring (bicyclic) bond motifs is 1. The predicted octanol–water partition coefficient (Wildman–Crippen LogP) is 4.03. The lowest BCUT2D eigenvalue weighted by Gasteiger charge is -2.25. The van der Waals surface area contributed by atoms with Crippen LogP contribution < -0.4 is 0 Å². The van der Waals surface area contributed by atoms with Gasteiger partial charge in [0.2, 0.25) is 0 Å². The largest absolute Gasteiger partial charge is 0.328 e. The van der Waals surface area contributed by atoms with Gasteiger partial charge in [-0.1, -0.05) is 43.7 Å². The van der Waals surface area contributed by atoms with Gasteiger partial charge in [-0.2, -0.15) is 0 Å². The van der Waals surface area contributed by atoms with Crippen molar-refractivity contribution in [2.75, 3.05) is 6.54 Å². The molecule has 0 bridgehead atoms. The molecule has 0 N–H and O–H groups in total. The van der Waals surface area contributed by atoms with Crippen LogP contribution in [-0.4, -0.2) is 28.4 Å². The van der Waals surface area contributed by atoms with E-state index in [9.17, 15) is 4.79 Å². The first-order valence-corrected chi connectivity index (χ1v) is 7.96. The van der Waals surface area contributed by atoms with Gasteiger partial charge in [0, 0.05) is 17.6 Å². The van der Waals surface area contributed by atoms with Crippen LogP contribution in [0.5, 0.6) is 0 Å². The van der Waals surface area contributed by atoms with Crippen molar-refractivity contribution in [2.45, 2.75) is 39.7 Å². The Morgan fingerprint density at radius 1 is 1.36 bits per heavy atom. The summed E-state index contributed by atoms with van der Waals surface area (Å²) < 4.78 is 0. The van der Waals surface area contributed by atoms with Gasteiger partial charge >= 0.3 is 0 Å². The van der Waals surface area contributed by atoms with Gasteiger partial charge < -0.3 is 4.90 Å². The third-order valence-electron chi connectivity index (χ3n) is 4.31. The van der Waals surface area contributed by atoms with Crippen LogP contribution in [0.4, 0.5) is 0 Å². The number of carbonyl (C=O) groups excluding carboxylic acids is 1. The molecule has 1 amide bonds. The number of para-hydroxylation sites is 1. The first-order valence-electron chi connectivity index (χ1n) is 7.96. The lowest BCUT2D eigenvalue weighted by molar-refractivity contribution is 0.0746. The number of aromatic nitrogens is 1. The molecule has 0 saturated heterocycles. The van der Waals surface area contributed by atoms with E-state index in [1.54, 1.807) is 0 Å². The second kappa shape index (κ2) is 5.91. The first kappa shape index (κ1) is 14.8. The molecule has 3 nitrogen and oxygen atoms in total. The van der Waals surface area contributed by atoms with Crippen molar-refractivity contribution in [3.8, 4) is 0 Å². The van der Waals surface area contributed by atoms with E-state index in [2.05, 4.69) is 24.1 Å². The smallest absolute Gasteiger partial charge is 0.255 e. The Morgan fingerprint density at radius 3 is 2.95 bits per heavy atom. The first-order chi connectivity index (χ1) is 10.6. The maximum Gasteiger partial charge on any atom is 0.255 e. The zero-order chi connectivity index (χ0) is 15.7. The summed E-state index contributed by atoms with van der Waals surface area (Å²) in [6.07, 6.45) is 6.35. The average Bonchev–Trinajstić information content (AvgIpc) is 2.95. The van der Waals surface area contributed by atoms with Gasteiger partial charge in [0.1, 0.15) is 0 Å². The van der Waals surface area contributed by atoms with Crippen molar-refractivity contribution in [3.05, 3.63) is 53.2 Å². The Hall–Kier alpha value is -2.16. The molecule has 2 heterocycles. The normalized spacial score (nSPS) is 17.4. The van der Waals surface area contributed by atoms with E-state index >= 15 is 0 Å². The monoisotopic (exact) mass is 294 g/mol. The van der Waals surface area contributed by atoms with Gasteiger partial charge in [0.05, 0.1) is 17.1 Å². The van der Waals surface area contributed by atoms with E-state index < -0.39 is 0 Å². The molecule has 22 heavy (non-hydrogen) atoms.